The van der Waals surface area contributed by atoms with E-state index in [1.165, 1.54) is 0 Å². The topological polar surface area (TPSA) is 107 Å². The number of carbonyl (C=O) groups excluding carboxylic acids is 3. The van der Waals surface area contributed by atoms with Crippen molar-refractivity contribution in [2.75, 3.05) is 0 Å². The van der Waals surface area contributed by atoms with Gasteiger partial charge in [0, 0.05) is 0 Å². The molecule has 0 bridgehead atoms. The molecule has 0 aromatic rings. The number of esters is 1. The van der Waals surface area contributed by atoms with Gasteiger partial charge in [0.15, 0.2) is 0 Å². The number of ether oxygens (including phenoxy) is 1. The first-order valence-corrected chi connectivity index (χ1v) is 3.09. The van der Waals surface area contributed by atoms with Gasteiger partial charge < -0.3 is 8.92 Å². The second-order valence-electron chi connectivity index (χ2n) is 1.09. The zero-order chi connectivity index (χ0) is 8.85. The summed E-state index contributed by atoms with van der Waals surface area (Å²) < 4.78 is 24.4. The highest BCUT2D eigenvalue weighted by molar-refractivity contribution is 7.74. The first-order valence-electron chi connectivity index (χ1n) is 2.05. The molecule has 11 heavy (non-hydrogen) atoms. The summed E-state index contributed by atoms with van der Waals surface area (Å²) in [6, 6.07) is 0. The highest BCUT2D eigenvalue weighted by Crippen LogP contribution is 1.84. The molecule has 0 aromatic heterocycles. The zero-order valence-electron chi connectivity index (χ0n) is 4.88. The molecule has 0 aromatic carbocycles. The lowest BCUT2D eigenvalue weighted by molar-refractivity contribution is -0.164. The van der Waals surface area contributed by atoms with Crippen LogP contribution in [0.5, 0.6) is 0 Å². The average Bonchev–Trinajstić information content (AvgIpc) is 1.86. The van der Waals surface area contributed by atoms with Crippen LogP contribution in [0.2, 0.25) is 0 Å². The van der Waals surface area contributed by atoms with Crippen molar-refractivity contribution in [2.24, 2.45) is 0 Å². The molecule has 62 valence electrons. The predicted octanol–water partition coefficient (Wildman–Crippen LogP) is -1.63. The summed E-state index contributed by atoms with van der Waals surface area (Å²) in [6.45, 7) is -0.302. The van der Waals surface area contributed by atoms with Crippen LogP contribution in [0.1, 0.15) is 0 Å². The van der Waals surface area contributed by atoms with Crippen LogP contribution in [0.25, 0.3) is 0 Å². The zero-order valence-corrected chi connectivity index (χ0v) is 5.70. The Hall–Kier alpha value is -1.28. The van der Waals surface area contributed by atoms with Crippen molar-refractivity contribution >= 4 is 29.8 Å². The first kappa shape index (κ1) is 9.72. The second-order valence-corrected chi connectivity index (χ2v) is 1.69. The molecule has 0 saturated heterocycles. The molecule has 0 saturated carbocycles. The van der Waals surface area contributed by atoms with E-state index in [0.29, 0.717) is 0 Å². The summed E-state index contributed by atoms with van der Waals surface area (Å²) in [5.41, 5.74) is 0. The number of hydrogen-bond acceptors (Lipinski definition) is 6. The summed E-state index contributed by atoms with van der Waals surface area (Å²) >= 11 is -2.89. The van der Waals surface area contributed by atoms with E-state index in [-0.39, 0.29) is 6.47 Å². The maximum Gasteiger partial charge on any atom is 0.433 e. The minimum atomic E-state index is -2.89. The third-order valence-electron chi connectivity index (χ3n) is 0.469. The average molecular weight is 182 g/mol. The van der Waals surface area contributed by atoms with Crippen LogP contribution in [-0.2, 0) is 34.7 Å². The van der Waals surface area contributed by atoms with Crippen LogP contribution in [-0.4, -0.2) is 27.2 Å². The SMILES string of the molecule is O=COC(=O)C(=O)OS(=O)O. The molecule has 0 aliphatic carbocycles. The minimum Gasteiger partial charge on any atom is -0.387 e. The van der Waals surface area contributed by atoms with Gasteiger partial charge >= 0.3 is 29.8 Å². The van der Waals surface area contributed by atoms with E-state index in [9.17, 15) is 18.6 Å². The molecular formula is C3H2O7S. The second kappa shape index (κ2) is 4.52. The molecule has 0 fully saturated rings. The monoisotopic (exact) mass is 182 g/mol. The van der Waals surface area contributed by atoms with Crippen molar-refractivity contribution in [1.29, 1.82) is 0 Å². The van der Waals surface area contributed by atoms with Crippen molar-refractivity contribution in [3.8, 4) is 0 Å². The van der Waals surface area contributed by atoms with Crippen LogP contribution in [0.3, 0.4) is 0 Å². The summed E-state index contributed by atoms with van der Waals surface area (Å²) in [5.74, 6) is -3.36. The molecule has 0 heterocycles. The van der Waals surface area contributed by atoms with Gasteiger partial charge in [-0.25, -0.2) is 9.59 Å². The fourth-order valence-electron chi connectivity index (χ4n) is 0.191. The van der Waals surface area contributed by atoms with E-state index < -0.39 is 23.3 Å². The molecule has 1 N–H and O–H groups in total. The lowest BCUT2D eigenvalue weighted by Crippen LogP contribution is -2.20. The highest BCUT2D eigenvalue weighted by Gasteiger charge is 2.19. The fraction of sp³-hybridized carbons (Fsp3) is 0. The van der Waals surface area contributed by atoms with Crippen molar-refractivity contribution in [1.82, 2.24) is 0 Å². The van der Waals surface area contributed by atoms with Gasteiger partial charge in [-0.05, 0) is 0 Å². The van der Waals surface area contributed by atoms with Crippen LogP contribution in [0.15, 0.2) is 0 Å². The number of hydrogen-bond donors (Lipinski definition) is 1. The van der Waals surface area contributed by atoms with E-state index in [1.807, 2.05) is 0 Å². The van der Waals surface area contributed by atoms with E-state index in [2.05, 4.69) is 8.92 Å². The van der Waals surface area contributed by atoms with Crippen LogP contribution < -0.4 is 0 Å². The third kappa shape index (κ3) is 4.17. The molecule has 8 heteroatoms. The third-order valence-corrected chi connectivity index (χ3v) is 0.763. The van der Waals surface area contributed by atoms with Crippen LogP contribution in [0.4, 0.5) is 0 Å². The molecule has 7 nitrogen and oxygen atoms in total. The number of carbonyl (C=O) groups is 3. The van der Waals surface area contributed by atoms with Gasteiger partial charge in [0.2, 0.25) is 0 Å². The Morgan fingerprint density at radius 1 is 1.36 bits per heavy atom. The standard InChI is InChI=1S/C3H2O7S/c4-1-9-2(5)3(6)10-11(7)8/h1H,(H,7,8). The molecule has 0 spiro atoms. The summed E-state index contributed by atoms with van der Waals surface area (Å²) in [6.07, 6.45) is 0. The normalized spacial score (nSPS) is 11.4. The molecule has 1 unspecified atom stereocenters. The van der Waals surface area contributed by atoms with Crippen molar-refractivity contribution in [3.05, 3.63) is 0 Å². The highest BCUT2D eigenvalue weighted by atomic mass is 32.2. The van der Waals surface area contributed by atoms with Gasteiger partial charge in [-0.15, -0.1) is 0 Å². The van der Waals surface area contributed by atoms with Gasteiger partial charge in [-0.1, -0.05) is 0 Å². The molecular weight excluding hydrogens is 180 g/mol. The van der Waals surface area contributed by atoms with Gasteiger partial charge in [0.05, 0.1) is 0 Å². The first-order chi connectivity index (χ1) is 5.07. The van der Waals surface area contributed by atoms with Gasteiger partial charge in [-0.2, -0.15) is 4.21 Å². The Kier molecular flexibility index (Phi) is 4.00. The van der Waals surface area contributed by atoms with Crippen molar-refractivity contribution < 1.29 is 32.1 Å². The largest absolute Gasteiger partial charge is 0.433 e. The Morgan fingerprint density at radius 2 is 1.91 bits per heavy atom. The Labute approximate surface area is 62.8 Å². The number of rotatable bonds is 2. The summed E-state index contributed by atoms with van der Waals surface area (Å²) in [5, 5.41) is 0. The van der Waals surface area contributed by atoms with Gasteiger partial charge in [0.25, 0.3) is 0 Å². The van der Waals surface area contributed by atoms with E-state index in [0.717, 1.165) is 0 Å². The fourth-order valence-corrected chi connectivity index (χ4v) is 0.388. The van der Waals surface area contributed by atoms with E-state index >= 15 is 0 Å². The molecule has 0 radical (unpaired) electrons. The quantitative estimate of drug-likeness (QED) is 0.179. The minimum absolute atomic E-state index is 0.302. The summed E-state index contributed by atoms with van der Waals surface area (Å²) in [7, 11) is 0. The molecule has 0 aliphatic rings. The van der Waals surface area contributed by atoms with Crippen LogP contribution >= 0.6 is 0 Å². The molecule has 0 amide bonds. The Bertz CT molecular complexity index is 208. The smallest absolute Gasteiger partial charge is 0.387 e. The van der Waals surface area contributed by atoms with Gasteiger partial charge in [-0.3, -0.25) is 9.35 Å². The maximum absolute atomic E-state index is 10.1. The van der Waals surface area contributed by atoms with Gasteiger partial charge in [0.1, 0.15) is 0 Å². The Morgan fingerprint density at radius 3 is 2.27 bits per heavy atom. The van der Waals surface area contributed by atoms with E-state index in [1.54, 1.807) is 0 Å². The summed E-state index contributed by atoms with van der Waals surface area (Å²) in [4.78, 5) is 29.7. The van der Waals surface area contributed by atoms with Crippen molar-refractivity contribution in [3.63, 3.8) is 0 Å². The maximum atomic E-state index is 10.1. The van der Waals surface area contributed by atoms with Crippen molar-refractivity contribution in [2.45, 2.75) is 0 Å². The van der Waals surface area contributed by atoms with Crippen LogP contribution in [0, 0.1) is 0 Å². The molecule has 0 rings (SSSR count). The molecule has 1 atom stereocenters. The molecule has 0 aliphatic heterocycles. The predicted molar refractivity (Wildman–Crippen MR) is 29.0 cm³/mol. The van der Waals surface area contributed by atoms with E-state index in [4.69, 9.17) is 4.55 Å². The lowest BCUT2D eigenvalue weighted by Gasteiger charge is -1.93. The Balaban J connectivity index is 3.93. The lowest BCUT2D eigenvalue weighted by atomic mass is 10.7.